The molecular formula is C15H32O2S. The maximum atomic E-state index is 10.4. The van der Waals surface area contributed by atoms with E-state index in [0.717, 1.165) is 12.8 Å². The molecule has 0 rings (SSSR count). The third-order valence-corrected chi connectivity index (χ3v) is 4.06. The van der Waals surface area contributed by atoms with Gasteiger partial charge in [-0.15, -0.1) is 0 Å². The van der Waals surface area contributed by atoms with Gasteiger partial charge < -0.3 is 4.55 Å². The molecule has 1 unspecified atom stereocenters. The van der Waals surface area contributed by atoms with Crippen molar-refractivity contribution in [1.29, 1.82) is 0 Å². The van der Waals surface area contributed by atoms with E-state index < -0.39 is 11.1 Å². The molecule has 0 amide bonds. The fourth-order valence-corrected chi connectivity index (χ4v) is 2.69. The van der Waals surface area contributed by atoms with Gasteiger partial charge in [0.15, 0.2) is 11.1 Å². The standard InChI is InChI=1S/C15H32O2S/c1-2-3-4-5-6-7-8-9-10-11-12-13-14-15-18(16)17/h2-15H2,1H3,(H,16,17). The van der Waals surface area contributed by atoms with Crippen LogP contribution in [-0.2, 0) is 11.1 Å². The Kier molecular flexibility index (Phi) is 15.3. The first-order chi connectivity index (χ1) is 8.77. The van der Waals surface area contributed by atoms with Crippen molar-refractivity contribution >= 4 is 11.1 Å². The van der Waals surface area contributed by atoms with Gasteiger partial charge in [0.05, 0.1) is 0 Å². The van der Waals surface area contributed by atoms with Crippen molar-refractivity contribution in [2.24, 2.45) is 0 Å². The molecule has 1 N–H and O–H groups in total. The highest BCUT2D eigenvalue weighted by molar-refractivity contribution is 7.79. The molecule has 0 saturated carbocycles. The van der Waals surface area contributed by atoms with E-state index in [0.29, 0.717) is 5.75 Å². The fourth-order valence-electron chi connectivity index (χ4n) is 2.24. The van der Waals surface area contributed by atoms with Crippen LogP contribution in [0.2, 0.25) is 0 Å². The Hall–Kier alpha value is 0.110. The monoisotopic (exact) mass is 276 g/mol. The molecule has 0 fully saturated rings. The zero-order chi connectivity index (χ0) is 13.5. The van der Waals surface area contributed by atoms with Crippen molar-refractivity contribution in [2.75, 3.05) is 5.75 Å². The summed E-state index contributed by atoms with van der Waals surface area (Å²) in [5, 5.41) is 0. The van der Waals surface area contributed by atoms with E-state index in [9.17, 15) is 4.21 Å². The molecule has 0 radical (unpaired) electrons. The highest BCUT2D eigenvalue weighted by Gasteiger charge is 1.95. The first kappa shape index (κ1) is 18.1. The van der Waals surface area contributed by atoms with Crippen molar-refractivity contribution < 1.29 is 8.76 Å². The number of hydrogen-bond acceptors (Lipinski definition) is 1. The van der Waals surface area contributed by atoms with Crippen LogP contribution in [0, 0.1) is 0 Å². The lowest BCUT2D eigenvalue weighted by molar-refractivity contribution is 0.538. The van der Waals surface area contributed by atoms with Gasteiger partial charge in [0.2, 0.25) is 0 Å². The minimum atomic E-state index is -1.58. The maximum Gasteiger partial charge on any atom is 0.152 e. The summed E-state index contributed by atoms with van der Waals surface area (Å²) in [6, 6.07) is 0. The van der Waals surface area contributed by atoms with Crippen LogP contribution in [0.5, 0.6) is 0 Å². The summed E-state index contributed by atoms with van der Waals surface area (Å²) in [5.41, 5.74) is 0. The molecule has 0 aliphatic rings. The molecule has 0 aliphatic heterocycles. The zero-order valence-electron chi connectivity index (χ0n) is 12.2. The molecule has 0 aromatic rings. The van der Waals surface area contributed by atoms with Crippen molar-refractivity contribution in [3.05, 3.63) is 0 Å². The molecule has 0 aliphatic carbocycles. The summed E-state index contributed by atoms with van der Waals surface area (Å²) in [4.78, 5) is 0. The smallest absolute Gasteiger partial charge is 0.152 e. The second kappa shape index (κ2) is 15.2. The maximum absolute atomic E-state index is 10.4. The van der Waals surface area contributed by atoms with E-state index in [-0.39, 0.29) is 0 Å². The molecule has 0 aromatic heterocycles. The molecule has 3 heteroatoms. The lowest BCUT2D eigenvalue weighted by Crippen LogP contribution is -1.94. The van der Waals surface area contributed by atoms with E-state index in [1.807, 2.05) is 0 Å². The molecule has 0 bridgehead atoms. The molecule has 0 saturated heterocycles. The highest BCUT2D eigenvalue weighted by atomic mass is 32.2. The van der Waals surface area contributed by atoms with Crippen LogP contribution in [0.25, 0.3) is 0 Å². The third kappa shape index (κ3) is 16.1. The number of hydrogen-bond donors (Lipinski definition) is 1. The van der Waals surface area contributed by atoms with Crippen LogP contribution in [-0.4, -0.2) is 14.5 Å². The van der Waals surface area contributed by atoms with Crippen LogP contribution in [0.15, 0.2) is 0 Å². The van der Waals surface area contributed by atoms with Crippen LogP contribution in [0.4, 0.5) is 0 Å². The largest absolute Gasteiger partial charge is 0.306 e. The predicted octanol–water partition coefficient (Wildman–Crippen LogP) is 5.30. The Morgan fingerprint density at radius 1 is 0.667 bits per heavy atom. The lowest BCUT2D eigenvalue weighted by Gasteiger charge is -2.02. The summed E-state index contributed by atoms with van der Waals surface area (Å²) in [7, 11) is 0. The van der Waals surface area contributed by atoms with Crippen LogP contribution >= 0.6 is 0 Å². The van der Waals surface area contributed by atoms with Crippen LogP contribution in [0.3, 0.4) is 0 Å². The minimum absolute atomic E-state index is 0.456. The molecule has 0 aromatic carbocycles. The Balaban J connectivity index is 2.92. The molecular weight excluding hydrogens is 244 g/mol. The Morgan fingerprint density at radius 2 is 1.00 bits per heavy atom. The highest BCUT2D eigenvalue weighted by Crippen LogP contribution is 2.12. The van der Waals surface area contributed by atoms with Gasteiger partial charge in [0, 0.05) is 5.75 Å². The van der Waals surface area contributed by atoms with Gasteiger partial charge in [-0.25, -0.2) is 4.21 Å². The Bertz CT molecular complexity index is 183. The molecule has 1 atom stereocenters. The summed E-state index contributed by atoms with van der Waals surface area (Å²) in [6.07, 6.45) is 17.1. The molecule has 110 valence electrons. The first-order valence-corrected chi connectivity index (χ1v) is 9.12. The third-order valence-electron chi connectivity index (χ3n) is 3.42. The van der Waals surface area contributed by atoms with Crippen molar-refractivity contribution in [1.82, 2.24) is 0 Å². The van der Waals surface area contributed by atoms with E-state index in [1.165, 1.54) is 70.6 Å². The lowest BCUT2D eigenvalue weighted by atomic mass is 10.1. The van der Waals surface area contributed by atoms with Crippen molar-refractivity contribution in [2.45, 2.75) is 90.4 Å². The quantitative estimate of drug-likeness (QED) is 0.345. The van der Waals surface area contributed by atoms with Gasteiger partial charge in [-0.2, -0.15) is 0 Å². The van der Waals surface area contributed by atoms with Crippen LogP contribution < -0.4 is 0 Å². The van der Waals surface area contributed by atoms with Gasteiger partial charge >= 0.3 is 0 Å². The molecule has 0 heterocycles. The second-order valence-corrected chi connectivity index (χ2v) is 6.32. The molecule has 18 heavy (non-hydrogen) atoms. The molecule has 2 nitrogen and oxygen atoms in total. The average molecular weight is 276 g/mol. The van der Waals surface area contributed by atoms with Crippen LogP contribution in [0.1, 0.15) is 90.4 Å². The van der Waals surface area contributed by atoms with Gasteiger partial charge in [-0.1, -0.05) is 84.0 Å². The Labute approximate surface area is 116 Å². The second-order valence-electron chi connectivity index (χ2n) is 5.27. The van der Waals surface area contributed by atoms with Gasteiger partial charge in [0.1, 0.15) is 0 Å². The fraction of sp³-hybridized carbons (Fsp3) is 1.00. The molecule has 0 spiro atoms. The van der Waals surface area contributed by atoms with E-state index in [1.54, 1.807) is 0 Å². The number of unbranched alkanes of at least 4 members (excludes halogenated alkanes) is 12. The van der Waals surface area contributed by atoms with Gasteiger partial charge in [-0.05, 0) is 6.42 Å². The van der Waals surface area contributed by atoms with E-state index >= 15 is 0 Å². The predicted molar refractivity (Wildman–Crippen MR) is 81.3 cm³/mol. The zero-order valence-corrected chi connectivity index (χ0v) is 13.0. The van der Waals surface area contributed by atoms with Crippen molar-refractivity contribution in [3.8, 4) is 0 Å². The summed E-state index contributed by atoms with van der Waals surface area (Å²) in [5.74, 6) is 0.456. The van der Waals surface area contributed by atoms with Crippen molar-refractivity contribution in [3.63, 3.8) is 0 Å². The normalized spacial score (nSPS) is 12.8. The summed E-state index contributed by atoms with van der Waals surface area (Å²) >= 11 is -1.58. The first-order valence-electron chi connectivity index (χ1n) is 7.85. The Morgan fingerprint density at radius 3 is 1.33 bits per heavy atom. The van der Waals surface area contributed by atoms with E-state index in [4.69, 9.17) is 4.55 Å². The average Bonchev–Trinajstić information content (AvgIpc) is 2.34. The SMILES string of the molecule is CCCCCCCCCCCCCCCS(=O)O. The van der Waals surface area contributed by atoms with Gasteiger partial charge in [0.25, 0.3) is 0 Å². The summed E-state index contributed by atoms with van der Waals surface area (Å²) < 4.78 is 19.0. The van der Waals surface area contributed by atoms with Gasteiger partial charge in [-0.3, -0.25) is 0 Å². The number of rotatable bonds is 14. The van der Waals surface area contributed by atoms with E-state index in [2.05, 4.69) is 6.92 Å². The topological polar surface area (TPSA) is 37.3 Å². The summed E-state index contributed by atoms with van der Waals surface area (Å²) in [6.45, 7) is 2.26. The minimum Gasteiger partial charge on any atom is -0.306 e.